The highest BCUT2D eigenvalue weighted by Crippen LogP contribution is 2.70. The van der Waals surface area contributed by atoms with E-state index in [9.17, 15) is 29.4 Å². The summed E-state index contributed by atoms with van der Waals surface area (Å²) in [6.45, 7) is 4.83. The van der Waals surface area contributed by atoms with Crippen LogP contribution in [0.15, 0.2) is 23.8 Å². The number of alkyl halides is 1. The Hall–Kier alpha value is -2.39. The zero-order valence-corrected chi connectivity index (χ0v) is 19.8. The van der Waals surface area contributed by atoms with E-state index in [1.54, 1.807) is 13.8 Å². The van der Waals surface area contributed by atoms with Crippen LogP contribution in [0.2, 0.25) is 0 Å². The van der Waals surface area contributed by atoms with Gasteiger partial charge in [0.05, 0.1) is 6.10 Å². The van der Waals surface area contributed by atoms with E-state index >= 15 is 4.39 Å². The topological polar surface area (TPSA) is 127 Å². The molecule has 3 saturated carbocycles. The van der Waals surface area contributed by atoms with Gasteiger partial charge in [0.15, 0.2) is 23.7 Å². The number of rotatable bonds is 4. The van der Waals surface area contributed by atoms with Gasteiger partial charge in [0.1, 0.15) is 6.10 Å². The molecule has 0 saturated heterocycles. The first-order valence-electron chi connectivity index (χ1n) is 11.6. The predicted octanol–water partition coefficient (Wildman–Crippen LogP) is 1.76. The lowest BCUT2D eigenvalue weighted by atomic mass is 9.44. The Morgan fingerprint density at radius 1 is 1.18 bits per heavy atom. The highest BCUT2D eigenvalue weighted by atomic mass is 19.1. The number of hydrogen-bond acceptors (Lipinski definition) is 8. The Kier molecular flexibility index (Phi) is 5.68. The molecule has 8 nitrogen and oxygen atoms in total. The van der Waals surface area contributed by atoms with Crippen molar-refractivity contribution < 1.29 is 43.3 Å². The van der Waals surface area contributed by atoms with Gasteiger partial charge in [-0.15, -0.1) is 0 Å². The van der Waals surface area contributed by atoms with Crippen molar-refractivity contribution in [3.8, 4) is 0 Å². The molecule has 2 N–H and O–H groups in total. The molecule has 0 amide bonds. The SMILES string of the molecule is CC(=O)OCC(=O)[C@@]1(O)[C@H](O)C[C@H]2[C@@H]3CCC4=CC(=O)C=C[C@]4(C)[C@@]3(F)[C@H](OC(C)=O)C[C@@]21C. The monoisotopic (exact) mass is 478 g/mol. The third kappa shape index (κ3) is 3.09. The molecule has 0 spiro atoms. The first-order chi connectivity index (χ1) is 15.7. The maximum absolute atomic E-state index is 17.5. The van der Waals surface area contributed by atoms with Crippen LogP contribution in [-0.4, -0.2) is 63.8 Å². The van der Waals surface area contributed by atoms with Gasteiger partial charge >= 0.3 is 11.9 Å². The number of carbonyl (C=O) groups is 4. The number of Topliss-reactive ketones (excluding diaryl/α,β-unsaturated/α-hetero) is 1. The van der Waals surface area contributed by atoms with E-state index in [1.165, 1.54) is 18.2 Å². The van der Waals surface area contributed by atoms with Crippen molar-refractivity contribution in [2.75, 3.05) is 6.61 Å². The number of allylic oxidation sites excluding steroid dienone is 4. The largest absolute Gasteiger partial charge is 0.459 e. The number of aliphatic hydroxyl groups excluding tert-OH is 1. The molecule has 4 aliphatic rings. The summed E-state index contributed by atoms with van der Waals surface area (Å²) in [5.41, 5.74) is -6.43. The number of hydrogen-bond donors (Lipinski definition) is 2. The average Bonchev–Trinajstić information content (AvgIpc) is 2.94. The summed E-state index contributed by atoms with van der Waals surface area (Å²) in [4.78, 5) is 48.4. The molecule has 0 aromatic rings. The van der Waals surface area contributed by atoms with Crippen molar-refractivity contribution in [2.24, 2.45) is 22.7 Å². The van der Waals surface area contributed by atoms with Crippen molar-refractivity contribution in [1.29, 1.82) is 0 Å². The van der Waals surface area contributed by atoms with Crippen LogP contribution in [-0.2, 0) is 28.7 Å². The third-order valence-electron chi connectivity index (χ3n) is 8.98. The van der Waals surface area contributed by atoms with E-state index in [1.807, 2.05) is 0 Å². The van der Waals surface area contributed by atoms with Crippen LogP contribution in [0.4, 0.5) is 4.39 Å². The molecule has 9 heteroatoms. The van der Waals surface area contributed by atoms with Gasteiger partial charge in [-0.1, -0.05) is 18.6 Å². The molecule has 8 atom stereocenters. The number of halogens is 1. The van der Waals surface area contributed by atoms with Gasteiger partial charge in [-0.2, -0.15) is 0 Å². The van der Waals surface area contributed by atoms with Crippen molar-refractivity contribution in [2.45, 2.75) is 76.9 Å². The second-order valence-corrected chi connectivity index (χ2v) is 10.6. The number of ether oxygens (including phenoxy) is 2. The summed E-state index contributed by atoms with van der Waals surface area (Å²) in [6, 6.07) is 0. The molecular formula is C25H31FO8. The van der Waals surface area contributed by atoms with Gasteiger partial charge in [-0.05, 0) is 50.7 Å². The lowest BCUT2D eigenvalue weighted by Gasteiger charge is -2.62. The van der Waals surface area contributed by atoms with E-state index in [4.69, 9.17) is 9.47 Å². The fourth-order valence-electron chi connectivity index (χ4n) is 7.30. The number of ketones is 2. The van der Waals surface area contributed by atoms with Gasteiger partial charge in [-0.25, -0.2) is 4.39 Å². The van der Waals surface area contributed by atoms with Gasteiger partial charge < -0.3 is 19.7 Å². The first-order valence-corrected chi connectivity index (χ1v) is 11.6. The summed E-state index contributed by atoms with van der Waals surface area (Å²) in [5, 5.41) is 22.6. The quantitative estimate of drug-likeness (QED) is 0.586. The van der Waals surface area contributed by atoms with Crippen LogP contribution < -0.4 is 0 Å². The maximum Gasteiger partial charge on any atom is 0.303 e. The lowest BCUT2D eigenvalue weighted by molar-refractivity contribution is -0.231. The van der Waals surface area contributed by atoms with Crippen LogP contribution >= 0.6 is 0 Å². The van der Waals surface area contributed by atoms with Crippen LogP contribution in [0, 0.1) is 22.7 Å². The molecule has 0 bridgehead atoms. The Balaban J connectivity index is 1.83. The fraction of sp³-hybridized carbons (Fsp3) is 0.680. The third-order valence-corrected chi connectivity index (χ3v) is 8.98. The van der Waals surface area contributed by atoms with Crippen LogP contribution in [0.5, 0.6) is 0 Å². The van der Waals surface area contributed by atoms with E-state index in [-0.39, 0.29) is 25.0 Å². The molecule has 4 aliphatic carbocycles. The Morgan fingerprint density at radius 2 is 1.85 bits per heavy atom. The second-order valence-electron chi connectivity index (χ2n) is 10.6. The van der Waals surface area contributed by atoms with E-state index in [2.05, 4.69) is 0 Å². The van der Waals surface area contributed by atoms with Gasteiger partial charge in [0.2, 0.25) is 5.78 Å². The first kappa shape index (κ1) is 24.7. The maximum atomic E-state index is 17.5. The van der Waals surface area contributed by atoms with Crippen LogP contribution in [0.25, 0.3) is 0 Å². The zero-order valence-electron chi connectivity index (χ0n) is 19.8. The molecule has 0 radical (unpaired) electrons. The Labute approximate surface area is 197 Å². The molecule has 186 valence electrons. The van der Waals surface area contributed by atoms with E-state index in [0.29, 0.717) is 12.0 Å². The number of aliphatic hydroxyl groups is 2. The summed E-state index contributed by atoms with van der Waals surface area (Å²) in [5.74, 6) is -3.95. The van der Waals surface area contributed by atoms with E-state index in [0.717, 1.165) is 13.8 Å². The predicted molar refractivity (Wildman–Crippen MR) is 116 cm³/mol. The smallest absolute Gasteiger partial charge is 0.303 e. The molecule has 0 aliphatic heterocycles. The zero-order chi connectivity index (χ0) is 25.3. The number of esters is 2. The summed E-state index contributed by atoms with van der Waals surface area (Å²) < 4.78 is 27.9. The minimum Gasteiger partial charge on any atom is -0.459 e. The van der Waals surface area contributed by atoms with Crippen molar-refractivity contribution in [3.63, 3.8) is 0 Å². The Morgan fingerprint density at radius 3 is 2.47 bits per heavy atom. The van der Waals surface area contributed by atoms with Crippen molar-refractivity contribution >= 4 is 23.5 Å². The highest BCUT2D eigenvalue weighted by Gasteiger charge is 2.77. The molecule has 34 heavy (non-hydrogen) atoms. The number of fused-ring (bicyclic) bond motifs is 5. The standard InChI is InChI=1S/C25H31FO8/c1-13(27)33-12-20(31)25(32)19(30)10-18-17-6-5-15-9-16(29)7-8-22(15,3)24(17,26)21(34-14(2)28)11-23(18,25)4/h7-9,17-19,21,30,32H,5-6,10-12H2,1-4H3/t17-,18-,19+,21+,22-,23-,24-,25-/m0/s1. The van der Waals surface area contributed by atoms with Gasteiger partial charge in [0.25, 0.3) is 0 Å². The van der Waals surface area contributed by atoms with Crippen LogP contribution in [0.1, 0.15) is 53.4 Å². The summed E-state index contributed by atoms with van der Waals surface area (Å²) >= 11 is 0. The molecule has 3 fully saturated rings. The fourth-order valence-corrected chi connectivity index (χ4v) is 7.30. The summed E-state index contributed by atoms with van der Waals surface area (Å²) in [7, 11) is 0. The van der Waals surface area contributed by atoms with Gasteiger partial charge in [0, 0.05) is 30.6 Å². The van der Waals surface area contributed by atoms with Crippen LogP contribution in [0.3, 0.4) is 0 Å². The molecule has 0 aromatic carbocycles. The molecular weight excluding hydrogens is 447 g/mol. The minimum atomic E-state index is -2.32. The van der Waals surface area contributed by atoms with Gasteiger partial charge in [-0.3, -0.25) is 19.2 Å². The Bertz CT molecular complexity index is 1020. The number of carbonyl (C=O) groups excluding carboxylic acids is 4. The second kappa shape index (κ2) is 7.81. The summed E-state index contributed by atoms with van der Waals surface area (Å²) in [6.07, 6.45) is 1.84. The molecule has 0 aromatic heterocycles. The van der Waals surface area contributed by atoms with Crippen molar-refractivity contribution in [1.82, 2.24) is 0 Å². The van der Waals surface area contributed by atoms with Crippen molar-refractivity contribution in [3.05, 3.63) is 23.8 Å². The molecule has 0 heterocycles. The molecule has 4 rings (SSSR count). The van der Waals surface area contributed by atoms with E-state index < -0.39 is 70.5 Å². The minimum absolute atomic E-state index is 0.0420. The highest BCUT2D eigenvalue weighted by molar-refractivity contribution is 6.01. The lowest BCUT2D eigenvalue weighted by Crippen LogP contribution is -2.70. The molecule has 0 unspecified atom stereocenters. The average molecular weight is 479 g/mol. The normalized spacial score (nSPS) is 44.9.